The molecule has 0 aromatic heterocycles. The van der Waals surface area contributed by atoms with Crippen LogP contribution in [0.15, 0.2) is 0 Å². The second-order valence-electron chi connectivity index (χ2n) is 6.66. The highest BCUT2D eigenvalue weighted by atomic mass is 16.1. The zero-order chi connectivity index (χ0) is 12.8. The minimum Gasteiger partial charge on any atom is -0.312 e. The van der Waals surface area contributed by atoms with Gasteiger partial charge in [0.25, 0.3) is 0 Å². The molecule has 16 heavy (non-hydrogen) atoms. The molecule has 0 radical (unpaired) electrons. The van der Waals surface area contributed by atoms with Gasteiger partial charge in [0.1, 0.15) is 5.78 Å². The van der Waals surface area contributed by atoms with Gasteiger partial charge in [0, 0.05) is 17.4 Å². The molecule has 0 unspecified atom stereocenters. The van der Waals surface area contributed by atoms with Crippen molar-refractivity contribution in [2.75, 3.05) is 6.54 Å². The molecule has 2 nitrogen and oxygen atoms in total. The van der Waals surface area contributed by atoms with E-state index in [-0.39, 0.29) is 11.0 Å². The number of carbonyl (C=O) groups is 1. The molecule has 0 spiro atoms. The molecule has 0 bridgehead atoms. The van der Waals surface area contributed by atoms with E-state index < -0.39 is 0 Å². The van der Waals surface area contributed by atoms with Crippen molar-refractivity contribution >= 4 is 5.78 Å². The number of ketones is 1. The van der Waals surface area contributed by atoms with E-state index in [1.165, 1.54) is 0 Å². The summed E-state index contributed by atoms with van der Waals surface area (Å²) in [7, 11) is 0. The molecular formula is C14H29NO. The maximum Gasteiger partial charge on any atom is 0.138 e. The maximum atomic E-state index is 11.6. The monoisotopic (exact) mass is 227 g/mol. The molecule has 0 aromatic carbocycles. The lowest BCUT2D eigenvalue weighted by Crippen LogP contribution is -2.36. The van der Waals surface area contributed by atoms with Crippen molar-refractivity contribution in [1.82, 2.24) is 5.32 Å². The Hall–Kier alpha value is -0.370. The van der Waals surface area contributed by atoms with Gasteiger partial charge < -0.3 is 5.32 Å². The first-order valence-electron chi connectivity index (χ1n) is 6.41. The van der Waals surface area contributed by atoms with Gasteiger partial charge in [0.2, 0.25) is 0 Å². The maximum absolute atomic E-state index is 11.6. The summed E-state index contributed by atoms with van der Waals surface area (Å²) in [5.41, 5.74) is 0.0465. The van der Waals surface area contributed by atoms with Gasteiger partial charge in [0.15, 0.2) is 0 Å². The zero-order valence-electron chi connectivity index (χ0n) is 11.9. The van der Waals surface area contributed by atoms with E-state index in [0.29, 0.717) is 5.78 Å². The molecule has 0 saturated carbocycles. The molecule has 0 rings (SSSR count). The molecule has 0 amide bonds. The van der Waals surface area contributed by atoms with Gasteiger partial charge in [-0.3, -0.25) is 4.79 Å². The van der Waals surface area contributed by atoms with Crippen molar-refractivity contribution in [2.24, 2.45) is 5.41 Å². The average Bonchev–Trinajstić information content (AvgIpc) is 2.07. The van der Waals surface area contributed by atoms with Crippen LogP contribution in [0.4, 0.5) is 0 Å². The van der Waals surface area contributed by atoms with E-state index in [1.54, 1.807) is 0 Å². The molecule has 0 aliphatic carbocycles. The van der Waals surface area contributed by atoms with E-state index in [4.69, 9.17) is 0 Å². The van der Waals surface area contributed by atoms with Crippen LogP contribution in [0.2, 0.25) is 0 Å². The van der Waals surface area contributed by atoms with Gasteiger partial charge >= 0.3 is 0 Å². The number of unbranched alkanes of at least 4 members (excludes halogenated alkanes) is 2. The van der Waals surface area contributed by atoms with E-state index >= 15 is 0 Å². The van der Waals surface area contributed by atoms with Crippen LogP contribution in [0.5, 0.6) is 0 Å². The summed E-state index contributed by atoms with van der Waals surface area (Å²) in [5, 5.41) is 3.46. The Labute approximate surface area is 101 Å². The lowest BCUT2D eigenvalue weighted by atomic mass is 9.88. The van der Waals surface area contributed by atoms with Gasteiger partial charge in [-0.25, -0.2) is 0 Å². The van der Waals surface area contributed by atoms with Crippen LogP contribution in [-0.4, -0.2) is 17.9 Å². The van der Waals surface area contributed by atoms with Crippen molar-refractivity contribution in [2.45, 2.75) is 72.8 Å². The summed E-state index contributed by atoms with van der Waals surface area (Å²) in [5.74, 6) is 0.385. The molecule has 0 atom stereocenters. The van der Waals surface area contributed by atoms with Crippen LogP contribution in [-0.2, 0) is 4.79 Å². The van der Waals surface area contributed by atoms with Gasteiger partial charge in [0.05, 0.1) is 0 Å². The number of hydrogen-bond donors (Lipinski definition) is 1. The predicted molar refractivity (Wildman–Crippen MR) is 70.7 cm³/mol. The summed E-state index contributed by atoms with van der Waals surface area (Å²) >= 11 is 0. The topological polar surface area (TPSA) is 29.1 Å². The molecule has 0 heterocycles. The number of hydrogen-bond acceptors (Lipinski definition) is 2. The highest BCUT2D eigenvalue weighted by Crippen LogP contribution is 2.18. The molecule has 96 valence electrons. The summed E-state index contributed by atoms with van der Waals surface area (Å²) in [4.78, 5) is 11.6. The predicted octanol–water partition coefficient (Wildman–Crippen LogP) is 3.55. The highest BCUT2D eigenvalue weighted by Gasteiger charge is 2.19. The molecule has 0 aliphatic rings. The molecule has 0 fully saturated rings. The number of nitrogens with one attached hydrogen (secondary N) is 1. The Morgan fingerprint density at radius 3 is 1.94 bits per heavy atom. The molecule has 0 aromatic rings. The Balaban J connectivity index is 3.45. The third kappa shape index (κ3) is 8.90. The van der Waals surface area contributed by atoms with E-state index in [2.05, 4.69) is 26.1 Å². The Morgan fingerprint density at radius 2 is 1.50 bits per heavy atom. The van der Waals surface area contributed by atoms with Gasteiger partial charge in [-0.2, -0.15) is 0 Å². The molecule has 1 N–H and O–H groups in total. The van der Waals surface area contributed by atoms with Crippen molar-refractivity contribution in [1.29, 1.82) is 0 Å². The lowest BCUT2D eigenvalue weighted by molar-refractivity contribution is -0.126. The van der Waals surface area contributed by atoms with Crippen LogP contribution in [0.1, 0.15) is 67.2 Å². The normalized spacial score (nSPS) is 12.9. The van der Waals surface area contributed by atoms with E-state index in [1.807, 2.05) is 20.8 Å². The quantitative estimate of drug-likeness (QED) is 0.703. The first-order chi connectivity index (χ1) is 7.13. The fraction of sp³-hybridized carbons (Fsp3) is 0.929. The van der Waals surface area contributed by atoms with Crippen molar-refractivity contribution in [3.63, 3.8) is 0 Å². The van der Waals surface area contributed by atoms with Crippen LogP contribution < -0.4 is 5.32 Å². The van der Waals surface area contributed by atoms with Crippen molar-refractivity contribution in [3.8, 4) is 0 Å². The largest absolute Gasteiger partial charge is 0.312 e. The minimum atomic E-state index is -0.163. The third-order valence-corrected chi connectivity index (χ3v) is 2.57. The Morgan fingerprint density at radius 1 is 0.938 bits per heavy atom. The third-order valence-electron chi connectivity index (χ3n) is 2.57. The molecule has 0 saturated heterocycles. The SMILES string of the molecule is CC(C)(C)NCCCCCC(=O)C(C)(C)C. The average molecular weight is 227 g/mol. The zero-order valence-corrected chi connectivity index (χ0v) is 11.9. The summed E-state index contributed by atoms with van der Waals surface area (Å²) in [6.45, 7) is 13.6. The number of carbonyl (C=O) groups excluding carboxylic acids is 1. The fourth-order valence-corrected chi connectivity index (χ4v) is 1.43. The van der Waals surface area contributed by atoms with Crippen molar-refractivity contribution < 1.29 is 4.79 Å². The van der Waals surface area contributed by atoms with Crippen LogP contribution >= 0.6 is 0 Å². The van der Waals surface area contributed by atoms with Crippen LogP contribution in [0.25, 0.3) is 0 Å². The summed E-state index contributed by atoms with van der Waals surface area (Å²) in [6, 6.07) is 0. The first kappa shape index (κ1) is 15.6. The van der Waals surface area contributed by atoms with Gasteiger partial charge in [-0.05, 0) is 40.2 Å². The smallest absolute Gasteiger partial charge is 0.138 e. The summed E-state index contributed by atoms with van der Waals surface area (Å²) in [6.07, 6.45) is 4.07. The fourth-order valence-electron chi connectivity index (χ4n) is 1.43. The second kappa shape index (κ2) is 6.39. The van der Waals surface area contributed by atoms with Crippen LogP contribution in [0, 0.1) is 5.41 Å². The van der Waals surface area contributed by atoms with Gasteiger partial charge in [-0.15, -0.1) is 0 Å². The number of Topliss-reactive ketones (excluding diaryl/α,β-unsaturated/α-hetero) is 1. The number of rotatable bonds is 6. The Kier molecular flexibility index (Phi) is 6.24. The molecular weight excluding hydrogens is 198 g/mol. The first-order valence-corrected chi connectivity index (χ1v) is 6.41. The summed E-state index contributed by atoms with van der Waals surface area (Å²) < 4.78 is 0. The molecule has 2 heteroatoms. The lowest BCUT2D eigenvalue weighted by Gasteiger charge is -2.20. The van der Waals surface area contributed by atoms with E-state index in [9.17, 15) is 4.79 Å². The minimum absolute atomic E-state index is 0.163. The van der Waals surface area contributed by atoms with Crippen molar-refractivity contribution in [3.05, 3.63) is 0 Å². The second-order valence-corrected chi connectivity index (χ2v) is 6.66. The standard InChI is InChI=1S/C14H29NO/c1-13(2,3)12(16)10-8-7-9-11-15-14(4,5)6/h15H,7-11H2,1-6H3. The molecule has 0 aliphatic heterocycles. The van der Waals surface area contributed by atoms with Gasteiger partial charge in [-0.1, -0.05) is 27.2 Å². The van der Waals surface area contributed by atoms with E-state index in [0.717, 1.165) is 32.2 Å². The highest BCUT2D eigenvalue weighted by molar-refractivity contribution is 5.83. The van der Waals surface area contributed by atoms with Crippen LogP contribution in [0.3, 0.4) is 0 Å². The Bertz CT molecular complexity index is 208.